The second-order valence-corrected chi connectivity index (χ2v) is 4.68. The summed E-state index contributed by atoms with van der Waals surface area (Å²) in [6.45, 7) is 0.0660. The lowest BCUT2D eigenvalue weighted by Crippen LogP contribution is -2.12. The van der Waals surface area contributed by atoms with Gasteiger partial charge in [-0.1, -0.05) is 0 Å². The number of hydrogen-bond acceptors (Lipinski definition) is 4. The van der Waals surface area contributed by atoms with Gasteiger partial charge in [0.2, 0.25) is 0 Å². The summed E-state index contributed by atoms with van der Waals surface area (Å²) in [7, 11) is 0. The second kappa shape index (κ2) is 8.65. The fourth-order valence-electron chi connectivity index (χ4n) is 1.70. The summed E-state index contributed by atoms with van der Waals surface area (Å²) in [5, 5.41) is 6.00. The van der Waals surface area contributed by atoms with Gasteiger partial charge in [0.25, 0.3) is 0 Å². The van der Waals surface area contributed by atoms with Crippen molar-refractivity contribution in [2.24, 2.45) is 5.73 Å². The van der Waals surface area contributed by atoms with E-state index in [4.69, 9.17) is 10.5 Å². The van der Waals surface area contributed by atoms with Crippen LogP contribution in [0.3, 0.4) is 0 Å². The van der Waals surface area contributed by atoms with Gasteiger partial charge in [0, 0.05) is 17.7 Å². The molecule has 3 N–H and O–H groups in total. The quantitative estimate of drug-likeness (QED) is 0.770. The van der Waals surface area contributed by atoms with Gasteiger partial charge in [-0.15, -0.1) is 12.4 Å². The van der Waals surface area contributed by atoms with Crippen LogP contribution in [0.15, 0.2) is 36.2 Å². The Bertz CT molecular complexity index is 670. The first-order chi connectivity index (χ1) is 10.9. The maximum absolute atomic E-state index is 12.3. The Morgan fingerprint density at radius 3 is 2.46 bits per heavy atom. The zero-order valence-corrected chi connectivity index (χ0v) is 13.1. The molecule has 10 heteroatoms. The molecule has 1 heterocycles. The highest BCUT2D eigenvalue weighted by molar-refractivity contribution is 5.85. The van der Waals surface area contributed by atoms with E-state index in [-0.39, 0.29) is 37.2 Å². The standard InChI is InChI=1S/C14H14F4N4O.ClH/c15-6-9(7-19)8-23-11-3-1-10(2-4-11)13-20-12(21-22-13)5-14(16,17)18;/h1-4,6H,5,7-8,19H2,(H,20,21,22);1H/b9-6+;. The summed E-state index contributed by atoms with van der Waals surface area (Å²) in [6, 6.07) is 6.36. The van der Waals surface area contributed by atoms with Crippen molar-refractivity contribution in [1.82, 2.24) is 15.2 Å². The van der Waals surface area contributed by atoms with Crippen LogP contribution in [-0.2, 0) is 6.42 Å². The van der Waals surface area contributed by atoms with Gasteiger partial charge in [-0.3, -0.25) is 5.10 Å². The van der Waals surface area contributed by atoms with Crippen LogP contribution in [0.4, 0.5) is 17.6 Å². The molecule has 0 aliphatic rings. The number of nitrogens with two attached hydrogens (primary N) is 1. The molecule has 5 nitrogen and oxygen atoms in total. The Balaban J connectivity index is 0.00000288. The summed E-state index contributed by atoms with van der Waals surface area (Å²) < 4.78 is 54.5. The molecule has 0 saturated carbocycles. The van der Waals surface area contributed by atoms with Crippen molar-refractivity contribution in [3.05, 3.63) is 42.0 Å². The molecule has 0 amide bonds. The van der Waals surface area contributed by atoms with Crippen LogP contribution in [0.25, 0.3) is 11.4 Å². The number of halogens is 5. The number of nitrogens with zero attached hydrogens (tertiary/aromatic N) is 2. The number of alkyl halides is 3. The summed E-state index contributed by atoms with van der Waals surface area (Å²) in [5.74, 6) is 0.364. The Labute approximate surface area is 141 Å². The second-order valence-electron chi connectivity index (χ2n) is 4.68. The Hall–Kier alpha value is -2.13. The third kappa shape index (κ3) is 5.82. The average molecular weight is 367 g/mol. The average Bonchev–Trinajstić information content (AvgIpc) is 2.95. The maximum atomic E-state index is 12.3. The predicted octanol–water partition coefficient (Wildman–Crippen LogP) is 3.19. The Morgan fingerprint density at radius 2 is 1.92 bits per heavy atom. The van der Waals surface area contributed by atoms with E-state index in [0.717, 1.165) is 0 Å². The van der Waals surface area contributed by atoms with Gasteiger partial charge in [0.15, 0.2) is 5.82 Å². The first kappa shape index (κ1) is 19.9. The molecule has 1 aromatic carbocycles. The highest BCUT2D eigenvalue weighted by atomic mass is 35.5. The van der Waals surface area contributed by atoms with Crippen molar-refractivity contribution < 1.29 is 22.3 Å². The monoisotopic (exact) mass is 366 g/mol. The van der Waals surface area contributed by atoms with E-state index in [0.29, 0.717) is 23.2 Å². The number of hydrogen-bond donors (Lipinski definition) is 2. The van der Waals surface area contributed by atoms with Crippen LogP contribution < -0.4 is 10.5 Å². The summed E-state index contributed by atoms with van der Waals surface area (Å²) >= 11 is 0. The number of aromatic nitrogens is 3. The lowest BCUT2D eigenvalue weighted by atomic mass is 10.2. The molecule has 0 saturated heterocycles. The number of H-pyrrole nitrogens is 1. The smallest absolute Gasteiger partial charge is 0.396 e. The van der Waals surface area contributed by atoms with Crippen LogP contribution in [0, 0.1) is 0 Å². The predicted molar refractivity (Wildman–Crippen MR) is 82.6 cm³/mol. The minimum absolute atomic E-state index is 0. The first-order valence-electron chi connectivity index (χ1n) is 6.60. The van der Waals surface area contributed by atoms with Gasteiger partial charge in [-0.25, -0.2) is 9.37 Å². The number of ether oxygens (including phenoxy) is 1. The van der Waals surface area contributed by atoms with Crippen LogP contribution >= 0.6 is 12.4 Å². The first-order valence-corrected chi connectivity index (χ1v) is 6.60. The molecule has 0 atom stereocenters. The number of benzene rings is 1. The van der Waals surface area contributed by atoms with Gasteiger partial charge >= 0.3 is 6.18 Å². The molecule has 2 rings (SSSR count). The summed E-state index contributed by atoms with van der Waals surface area (Å²) in [5.41, 5.74) is 6.14. The molecular weight excluding hydrogens is 352 g/mol. The third-order valence-corrected chi connectivity index (χ3v) is 2.85. The van der Waals surface area contributed by atoms with E-state index < -0.39 is 12.6 Å². The molecule has 0 unspecified atom stereocenters. The molecule has 0 aliphatic carbocycles. The van der Waals surface area contributed by atoms with E-state index >= 15 is 0 Å². The summed E-state index contributed by atoms with van der Waals surface area (Å²) in [6.07, 6.45) is -5.12. The van der Waals surface area contributed by atoms with E-state index in [1.807, 2.05) is 0 Å². The highest BCUT2D eigenvalue weighted by Crippen LogP contribution is 2.22. The van der Waals surface area contributed by atoms with Crippen LogP contribution in [0.1, 0.15) is 5.82 Å². The van der Waals surface area contributed by atoms with Crippen molar-refractivity contribution in [3.63, 3.8) is 0 Å². The Kier molecular flexibility index (Phi) is 7.18. The van der Waals surface area contributed by atoms with E-state index in [1.54, 1.807) is 24.3 Å². The molecule has 1 aromatic heterocycles. The minimum Gasteiger partial charge on any atom is -0.489 e. The van der Waals surface area contributed by atoms with E-state index in [2.05, 4.69) is 15.2 Å². The Morgan fingerprint density at radius 1 is 1.25 bits per heavy atom. The lowest BCUT2D eigenvalue weighted by molar-refractivity contribution is -0.128. The van der Waals surface area contributed by atoms with Crippen molar-refractivity contribution in [2.75, 3.05) is 13.2 Å². The van der Waals surface area contributed by atoms with Gasteiger partial charge < -0.3 is 10.5 Å². The zero-order chi connectivity index (χ0) is 16.9. The fourth-order valence-corrected chi connectivity index (χ4v) is 1.70. The molecule has 0 spiro atoms. The molecule has 2 aromatic rings. The van der Waals surface area contributed by atoms with Gasteiger partial charge in [-0.05, 0) is 24.3 Å². The normalized spacial score (nSPS) is 12.0. The van der Waals surface area contributed by atoms with E-state index in [9.17, 15) is 17.6 Å². The fraction of sp³-hybridized carbons (Fsp3) is 0.286. The minimum atomic E-state index is -4.35. The van der Waals surface area contributed by atoms with Gasteiger partial charge in [0.05, 0.1) is 6.33 Å². The van der Waals surface area contributed by atoms with Gasteiger partial charge in [0.1, 0.15) is 24.6 Å². The van der Waals surface area contributed by atoms with Crippen LogP contribution in [-0.4, -0.2) is 34.5 Å². The molecule has 0 aliphatic heterocycles. The molecule has 24 heavy (non-hydrogen) atoms. The highest BCUT2D eigenvalue weighted by Gasteiger charge is 2.29. The number of aromatic amines is 1. The molecule has 0 fully saturated rings. The van der Waals surface area contributed by atoms with Crippen molar-refractivity contribution in [1.29, 1.82) is 0 Å². The molecular formula is C14H15ClF4N4O. The van der Waals surface area contributed by atoms with Crippen molar-refractivity contribution in [3.8, 4) is 17.1 Å². The molecule has 0 bridgehead atoms. The maximum Gasteiger partial charge on any atom is 0.396 e. The van der Waals surface area contributed by atoms with Crippen molar-refractivity contribution >= 4 is 12.4 Å². The third-order valence-electron chi connectivity index (χ3n) is 2.85. The molecule has 132 valence electrons. The lowest BCUT2D eigenvalue weighted by Gasteiger charge is -2.07. The number of rotatable bonds is 6. The van der Waals surface area contributed by atoms with Crippen LogP contribution in [0.2, 0.25) is 0 Å². The SMILES string of the molecule is Cl.NC/C(=C\F)COc1ccc(-c2n[nH]c(CC(F)(F)F)n2)cc1. The number of nitrogens with one attached hydrogen (secondary N) is 1. The van der Waals surface area contributed by atoms with Crippen LogP contribution in [0.5, 0.6) is 5.75 Å². The van der Waals surface area contributed by atoms with E-state index in [1.165, 1.54) is 0 Å². The topological polar surface area (TPSA) is 76.8 Å². The van der Waals surface area contributed by atoms with Crippen molar-refractivity contribution in [2.45, 2.75) is 12.6 Å². The molecule has 0 radical (unpaired) electrons. The zero-order valence-electron chi connectivity index (χ0n) is 12.3. The summed E-state index contributed by atoms with van der Waals surface area (Å²) in [4.78, 5) is 3.79. The van der Waals surface area contributed by atoms with Gasteiger partial charge in [-0.2, -0.15) is 18.3 Å². The largest absolute Gasteiger partial charge is 0.489 e.